The molecule has 1 aromatic rings. The molecule has 0 unspecified atom stereocenters. The molecule has 0 amide bonds. The van der Waals surface area contributed by atoms with Gasteiger partial charge in [0.2, 0.25) is 10.0 Å². The first kappa shape index (κ1) is 18.0. The Labute approximate surface area is 122 Å². The minimum Gasteiger partial charge on any atom is -0.374 e. The zero-order chi connectivity index (χ0) is 15.7. The van der Waals surface area contributed by atoms with Crippen molar-refractivity contribution in [3.8, 4) is 0 Å². The summed E-state index contributed by atoms with van der Waals surface area (Å²) in [6, 6.07) is 0. The van der Waals surface area contributed by atoms with Crippen LogP contribution in [0.25, 0.3) is 0 Å². The maximum absolute atomic E-state index is 11.9. The van der Waals surface area contributed by atoms with Crippen LogP contribution in [-0.4, -0.2) is 58.0 Å². The van der Waals surface area contributed by atoms with Crippen LogP contribution in [0.3, 0.4) is 0 Å². The van der Waals surface area contributed by atoms with Gasteiger partial charge in [0.05, 0.1) is 12.8 Å². The highest BCUT2D eigenvalue weighted by Gasteiger charge is 2.15. The van der Waals surface area contributed by atoms with Crippen LogP contribution in [0, 0.1) is 0 Å². The van der Waals surface area contributed by atoms with Crippen molar-refractivity contribution in [2.24, 2.45) is 0 Å². The average Bonchev–Trinajstić information content (AvgIpc) is 2.88. The lowest BCUT2D eigenvalue weighted by molar-refractivity contribution is 0.0199. The molecule has 0 fully saturated rings. The number of alkyl halides is 2. The first-order chi connectivity index (χ1) is 9.95. The fourth-order valence-corrected chi connectivity index (χ4v) is 2.49. The van der Waals surface area contributed by atoms with Crippen molar-refractivity contribution >= 4 is 10.0 Å². The molecule has 0 saturated heterocycles. The summed E-state index contributed by atoms with van der Waals surface area (Å²) in [5.74, 6) is 0. The van der Waals surface area contributed by atoms with Crippen LogP contribution in [0.1, 0.15) is 6.42 Å². The Morgan fingerprint density at radius 2 is 2.19 bits per heavy atom. The molecule has 122 valence electrons. The number of halogens is 2. The first-order valence-corrected chi connectivity index (χ1v) is 7.96. The van der Waals surface area contributed by atoms with Crippen molar-refractivity contribution < 1.29 is 21.9 Å². The van der Waals surface area contributed by atoms with Crippen molar-refractivity contribution in [2.45, 2.75) is 24.3 Å². The van der Waals surface area contributed by atoms with E-state index in [-0.39, 0.29) is 18.0 Å². The molecule has 2 N–H and O–H groups in total. The van der Waals surface area contributed by atoms with Crippen LogP contribution in [-0.2, 0) is 21.3 Å². The van der Waals surface area contributed by atoms with E-state index in [4.69, 9.17) is 0 Å². The van der Waals surface area contributed by atoms with Crippen LogP contribution in [0.5, 0.6) is 0 Å². The number of nitrogens with one attached hydrogen (secondary N) is 2. The molecule has 0 aliphatic carbocycles. The van der Waals surface area contributed by atoms with Crippen LogP contribution in [0.2, 0.25) is 0 Å². The second-order valence-corrected chi connectivity index (χ2v) is 6.03. The first-order valence-electron chi connectivity index (χ1n) is 6.48. The van der Waals surface area contributed by atoms with E-state index in [1.165, 1.54) is 12.4 Å². The van der Waals surface area contributed by atoms with Gasteiger partial charge in [-0.3, -0.25) is 4.68 Å². The van der Waals surface area contributed by atoms with Crippen LogP contribution in [0.4, 0.5) is 8.78 Å². The lowest BCUT2D eigenvalue weighted by Crippen LogP contribution is -2.27. The molecule has 7 nitrogen and oxygen atoms in total. The van der Waals surface area contributed by atoms with E-state index >= 15 is 0 Å². The fourth-order valence-electron chi connectivity index (χ4n) is 1.53. The maximum atomic E-state index is 11.9. The molecule has 0 spiro atoms. The molecule has 0 aliphatic heterocycles. The molecule has 21 heavy (non-hydrogen) atoms. The molecule has 1 heterocycles. The van der Waals surface area contributed by atoms with Gasteiger partial charge in [-0.1, -0.05) is 0 Å². The lowest BCUT2D eigenvalue weighted by atomic mass is 10.4. The van der Waals surface area contributed by atoms with Gasteiger partial charge in [0, 0.05) is 19.3 Å². The quantitative estimate of drug-likeness (QED) is 0.562. The van der Waals surface area contributed by atoms with Gasteiger partial charge in [-0.2, -0.15) is 5.10 Å². The van der Waals surface area contributed by atoms with Crippen molar-refractivity contribution in [3.63, 3.8) is 0 Å². The van der Waals surface area contributed by atoms with Gasteiger partial charge >= 0.3 is 0 Å². The summed E-state index contributed by atoms with van der Waals surface area (Å²) in [4.78, 5) is 0.0424. The molecule has 1 aromatic heterocycles. The lowest BCUT2D eigenvalue weighted by Gasteiger charge is -2.05. The van der Waals surface area contributed by atoms with E-state index in [1.54, 1.807) is 4.68 Å². The highest BCUT2D eigenvalue weighted by atomic mass is 32.2. The molecule has 0 aromatic carbocycles. The normalized spacial score (nSPS) is 12.2. The molecule has 10 heteroatoms. The van der Waals surface area contributed by atoms with Gasteiger partial charge in [0.25, 0.3) is 6.43 Å². The number of hydrogen-bond acceptors (Lipinski definition) is 5. The predicted octanol–water partition coefficient (Wildman–Crippen LogP) is 0.0526. The number of aromatic nitrogens is 2. The smallest absolute Gasteiger partial charge is 0.261 e. The van der Waals surface area contributed by atoms with E-state index < -0.39 is 23.1 Å². The van der Waals surface area contributed by atoms with E-state index in [9.17, 15) is 17.2 Å². The molecule has 0 saturated carbocycles. The summed E-state index contributed by atoms with van der Waals surface area (Å²) in [5, 5.41) is 6.94. The molecular formula is C11H20F2N4O3S. The fraction of sp³-hybridized carbons (Fsp3) is 0.727. The standard InChI is InChI=1S/C11H20F2N4O3S/c1-14-3-2-5-17-8-10(7-15-17)21(18,19)16-4-6-20-9-11(12)13/h7-8,11,14,16H,2-6,9H2,1H3. The summed E-state index contributed by atoms with van der Waals surface area (Å²) in [7, 11) is -1.85. The van der Waals surface area contributed by atoms with Gasteiger partial charge in [0.15, 0.2) is 0 Å². The molecule has 1 rings (SSSR count). The van der Waals surface area contributed by atoms with Crippen LogP contribution < -0.4 is 10.0 Å². The highest BCUT2D eigenvalue weighted by Crippen LogP contribution is 2.06. The van der Waals surface area contributed by atoms with Crippen molar-refractivity contribution in [2.75, 3.05) is 33.4 Å². The van der Waals surface area contributed by atoms with Crippen LogP contribution >= 0.6 is 0 Å². The summed E-state index contributed by atoms with van der Waals surface area (Å²) in [6.45, 7) is 0.528. The largest absolute Gasteiger partial charge is 0.374 e. The van der Waals surface area contributed by atoms with Gasteiger partial charge < -0.3 is 10.1 Å². The summed E-state index contributed by atoms with van der Waals surface area (Å²) >= 11 is 0. The number of nitrogens with zero attached hydrogens (tertiary/aromatic N) is 2. The summed E-state index contributed by atoms with van der Waals surface area (Å²) in [5.41, 5.74) is 0. The maximum Gasteiger partial charge on any atom is 0.261 e. The minimum absolute atomic E-state index is 0.0424. The highest BCUT2D eigenvalue weighted by molar-refractivity contribution is 7.89. The monoisotopic (exact) mass is 326 g/mol. The zero-order valence-electron chi connectivity index (χ0n) is 11.8. The van der Waals surface area contributed by atoms with Gasteiger partial charge in [-0.25, -0.2) is 21.9 Å². The van der Waals surface area contributed by atoms with Gasteiger partial charge in [-0.15, -0.1) is 0 Å². The third kappa shape index (κ3) is 6.93. The van der Waals surface area contributed by atoms with E-state index in [1.807, 2.05) is 7.05 Å². The van der Waals surface area contributed by atoms with E-state index in [0.717, 1.165) is 13.0 Å². The molecular weight excluding hydrogens is 306 g/mol. The topological polar surface area (TPSA) is 85.2 Å². The number of hydrogen-bond donors (Lipinski definition) is 2. The van der Waals surface area contributed by atoms with E-state index in [2.05, 4.69) is 19.9 Å². The second kappa shape index (κ2) is 9.03. The Morgan fingerprint density at radius 3 is 2.86 bits per heavy atom. The number of rotatable bonds is 11. The number of ether oxygens (including phenoxy) is 1. The van der Waals surface area contributed by atoms with Crippen molar-refractivity contribution in [3.05, 3.63) is 12.4 Å². The third-order valence-electron chi connectivity index (χ3n) is 2.52. The zero-order valence-corrected chi connectivity index (χ0v) is 12.6. The number of sulfonamides is 1. The van der Waals surface area contributed by atoms with Gasteiger partial charge in [-0.05, 0) is 20.0 Å². The molecule has 0 bridgehead atoms. The average molecular weight is 326 g/mol. The summed E-state index contributed by atoms with van der Waals surface area (Å²) in [6.07, 6.45) is 0.948. The van der Waals surface area contributed by atoms with Gasteiger partial charge in [0.1, 0.15) is 11.5 Å². The molecule has 0 atom stereocenters. The summed E-state index contributed by atoms with van der Waals surface area (Å²) < 4.78 is 55.8. The Kier molecular flexibility index (Phi) is 7.72. The van der Waals surface area contributed by atoms with Crippen molar-refractivity contribution in [1.29, 1.82) is 0 Å². The molecule has 0 radical (unpaired) electrons. The Morgan fingerprint density at radius 1 is 1.43 bits per heavy atom. The predicted molar refractivity (Wildman–Crippen MR) is 72.8 cm³/mol. The Balaban J connectivity index is 2.39. The van der Waals surface area contributed by atoms with Crippen LogP contribution in [0.15, 0.2) is 17.3 Å². The minimum atomic E-state index is -3.69. The second-order valence-electron chi connectivity index (χ2n) is 4.26. The Bertz CT molecular complexity index is 507. The van der Waals surface area contributed by atoms with E-state index in [0.29, 0.717) is 6.54 Å². The van der Waals surface area contributed by atoms with Crippen molar-refractivity contribution in [1.82, 2.24) is 19.8 Å². The number of aryl methyl sites for hydroxylation is 1. The third-order valence-corrected chi connectivity index (χ3v) is 3.93. The molecule has 0 aliphatic rings. The Hall–Kier alpha value is -1.10. The SMILES string of the molecule is CNCCCn1cc(S(=O)(=O)NCCOCC(F)F)cn1.